The van der Waals surface area contributed by atoms with Gasteiger partial charge in [-0.25, -0.2) is 0 Å². The zero-order valence-corrected chi connectivity index (χ0v) is 11.3. The van der Waals surface area contributed by atoms with Crippen molar-refractivity contribution in [2.24, 2.45) is 5.92 Å². The van der Waals surface area contributed by atoms with Crippen molar-refractivity contribution in [2.45, 2.75) is 84.5 Å². The van der Waals surface area contributed by atoms with E-state index in [2.05, 4.69) is 19.9 Å². The van der Waals surface area contributed by atoms with Crippen LogP contribution in [0.15, 0.2) is 0 Å². The third-order valence-corrected chi connectivity index (χ3v) is 3.24. The average molecular weight is 223 g/mol. The SMILES string of the molecule is CCCCCCCCCC(C#N)CCCC. The van der Waals surface area contributed by atoms with Gasteiger partial charge in [-0.05, 0) is 12.8 Å². The van der Waals surface area contributed by atoms with Crippen LogP contribution in [0.25, 0.3) is 0 Å². The van der Waals surface area contributed by atoms with Crippen molar-refractivity contribution in [1.82, 2.24) is 0 Å². The molecule has 1 atom stereocenters. The van der Waals surface area contributed by atoms with Crippen molar-refractivity contribution in [2.75, 3.05) is 0 Å². The van der Waals surface area contributed by atoms with E-state index in [4.69, 9.17) is 5.26 Å². The van der Waals surface area contributed by atoms with Crippen LogP contribution in [0.3, 0.4) is 0 Å². The number of hydrogen-bond donors (Lipinski definition) is 0. The quantitative estimate of drug-likeness (QED) is 0.427. The Balaban J connectivity index is 3.25. The molecule has 0 saturated carbocycles. The summed E-state index contributed by atoms with van der Waals surface area (Å²) in [5.74, 6) is 0.329. The normalized spacial score (nSPS) is 12.3. The van der Waals surface area contributed by atoms with Crippen LogP contribution >= 0.6 is 0 Å². The van der Waals surface area contributed by atoms with Gasteiger partial charge in [0.2, 0.25) is 0 Å². The van der Waals surface area contributed by atoms with Gasteiger partial charge in [-0.1, -0.05) is 71.6 Å². The molecule has 0 aromatic heterocycles. The Morgan fingerprint density at radius 1 is 0.750 bits per heavy atom. The van der Waals surface area contributed by atoms with E-state index in [9.17, 15) is 0 Å². The fraction of sp³-hybridized carbons (Fsp3) is 0.933. The molecule has 1 heteroatoms. The first kappa shape index (κ1) is 15.5. The lowest BCUT2D eigenvalue weighted by Crippen LogP contribution is -1.97. The third-order valence-electron chi connectivity index (χ3n) is 3.24. The summed E-state index contributed by atoms with van der Waals surface area (Å²) in [5, 5.41) is 8.98. The van der Waals surface area contributed by atoms with Gasteiger partial charge in [0.15, 0.2) is 0 Å². The van der Waals surface area contributed by atoms with Crippen LogP contribution in [-0.4, -0.2) is 0 Å². The molecule has 0 heterocycles. The van der Waals surface area contributed by atoms with E-state index in [1.54, 1.807) is 0 Å². The summed E-state index contributed by atoms with van der Waals surface area (Å²) in [5.41, 5.74) is 0. The molecule has 1 nitrogen and oxygen atoms in total. The zero-order chi connectivity index (χ0) is 12.1. The summed E-state index contributed by atoms with van der Waals surface area (Å²) in [7, 11) is 0. The topological polar surface area (TPSA) is 23.8 Å². The van der Waals surface area contributed by atoms with E-state index in [1.807, 2.05) is 0 Å². The molecule has 0 spiro atoms. The highest BCUT2D eigenvalue weighted by Gasteiger charge is 2.05. The molecule has 0 N–H and O–H groups in total. The molecule has 0 rings (SSSR count). The van der Waals surface area contributed by atoms with Crippen molar-refractivity contribution >= 4 is 0 Å². The summed E-state index contributed by atoms with van der Waals surface area (Å²) in [6, 6.07) is 2.45. The predicted octanol–water partition coefficient (Wildman–Crippen LogP) is 5.46. The standard InChI is InChI=1S/C15H29N/c1-3-5-7-8-9-10-11-13-15(14-16)12-6-4-2/h15H,3-13H2,1-2H3. The number of rotatable bonds is 11. The van der Waals surface area contributed by atoms with Gasteiger partial charge in [0, 0.05) is 5.92 Å². The second-order valence-corrected chi connectivity index (χ2v) is 4.88. The Kier molecular flexibility index (Phi) is 12.2. The van der Waals surface area contributed by atoms with E-state index in [0.717, 1.165) is 12.8 Å². The van der Waals surface area contributed by atoms with Crippen molar-refractivity contribution in [1.29, 1.82) is 5.26 Å². The van der Waals surface area contributed by atoms with Crippen LogP contribution in [0.5, 0.6) is 0 Å². The van der Waals surface area contributed by atoms with E-state index < -0.39 is 0 Å². The Morgan fingerprint density at radius 3 is 1.81 bits per heavy atom. The van der Waals surface area contributed by atoms with E-state index in [0.29, 0.717) is 5.92 Å². The van der Waals surface area contributed by atoms with Crippen molar-refractivity contribution in [3.05, 3.63) is 0 Å². The number of nitrogens with zero attached hydrogens (tertiary/aromatic N) is 1. The fourth-order valence-corrected chi connectivity index (χ4v) is 2.07. The maximum Gasteiger partial charge on any atom is 0.0655 e. The van der Waals surface area contributed by atoms with Gasteiger partial charge in [0.1, 0.15) is 0 Å². The van der Waals surface area contributed by atoms with E-state index in [1.165, 1.54) is 57.8 Å². The molecule has 0 aliphatic carbocycles. The molecule has 1 unspecified atom stereocenters. The smallest absolute Gasteiger partial charge is 0.0655 e. The Hall–Kier alpha value is -0.510. The lowest BCUT2D eigenvalue weighted by Gasteiger charge is -2.07. The monoisotopic (exact) mass is 223 g/mol. The van der Waals surface area contributed by atoms with Gasteiger partial charge >= 0.3 is 0 Å². The minimum absolute atomic E-state index is 0.329. The molecule has 0 bridgehead atoms. The van der Waals surface area contributed by atoms with Gasteiger partial charge in [-0.15, -0.1) is 0 Å². The fourth-order valence-electron chi connectivity index (χ4n) is 2.07. The molecule has 94 valence electrons. The molecule has 0 amide bonds. The number of unbranched alkanes of at least 4 members (excludes halogenated alkanes) is 7. The molecule has 0 radical (unpaired) electrons. The Bertz CT molecular complexity index is 169. The van der Waals surface area contributed by atoms with Crippen LogP contribution in [0.1, 0.15) is 84.5 Å². The van der Waals surface area contributed by atoms with Crippen LogP contribution in [0, 0.1) is 17.2 Å². The second kappa shape index (κ2) is 12.6. The first-order chi connectivity index (χ1) is 7.85. The van der Waals surface area contributed by atoms with Crippen molar-refractivity contribution in [3.63, 3.8) is 0 Å². The van der Waals surface area contributed by atoms with Gasteiger partial charge in [0.25, 0.3) is 0 Å². The summed E-state index contributed by atoms with van der Waals surface area (Å²) in [6.07, 6.45) is 14.1. The highest BCUT2D eigenvalue weighted by Crippen LogP contribution is 2.17. The molecule has 16 heavy (non-hydrogen) atoms. The molecular weight excluding hydrogens is 194 g/mol. The van der Waals surface area contributed by atoms with Crippen LogP contribution in [0.2, 0.25) is 0 Å². The number of nitriles is 1. The predicted molar refractivity (Wildman–Crippen MR) is 71.2 cm³/mol. The van der Waals surface area contributed by atoms with Crippen molar-refractivity contribution in [3.8, 4) is 6.07 Å². The first-order valence-electron chi connectivity index (χ1n) is 7.24. The molecule has 0 fully saturated rings. The minimum atomic E-state index is 0.329. The molecule has 0 aromatic carbocycles. The van der Waals surface area contributed by atoms with Gasteiger partial charge in [-0.2, -0.15) is 5.26 Å². The average Bonchev–Trinajstić information content (AvgIpc) is 2.32. The molecule has 0 aromatic rings. The van der Waals surface area contributed by atoms with Crippen molar-refractivity contribution < 1.29 is 0 Å². The maximum atomic E-state index is 8.98. The molecular formula is C15H29N. The summed E-state index contributed by atoms with van der Waals surface area (Å²) in [4.78, 5) is 0. The summed E-state index contributed by atoms with van der Waals surface area (Å²) >= 11 is 0. The van der Waals surface area contributed by atoms with Gasteiger partial charge in [0.05, 0.1) is 6.07 Å². The summed E-state index contributed by atoms with van der Waals surface area (Å²) < 4.78 is 0. The Morgan fingerprint density at radius 2 is 1.25 bits per heavy atom. The summed E-state index contributed by atoms with van der Waals surface area (Å²) in [6.45, 7) is 4.45. The van der Waals surface area contributed by atoms with Crippen LogP contribution in [0.4, 0.5) is 0 Å². The molecule has 0 saturated heterocycles. The largest absolute Gasteiger partial charge is 0.198 e. The first-order valence-corrected chi connectivity index (χ1v) is 7.24. The Labute approximate surface area is 102 Å². The van der Waals surface area contributed by atoms with E-state index >= 15 is 0 Å². The lowest BCUT2D eigenvalue weighted by molar-refractivity contribution is 0.485. The highest BCUT2D eigenvalue weighted by atomic mass is 14.3. The maximum absolute atomic E-state index is 8.98. The van der Waals surface area contributed by atoms with Gasteiger partial charge in [-0.3, -0.25) is 0 Å². The minimum Gasteiger partial charge on any atom is -0.198 e. The second-order valence-electron chi connectivity index (χ2n) is 4.88. The van der Waals surface area contributed by atoms with Gasteiger partial charge < -0.3 is 0 Å². The molecule has 0 aliphatic rings. The highest BCUT2D eigenvalue weighted by molar-refractivity contribution is 4.82. The number of hydrogen-bond acceptors (Lipinski definition) is 1. The zero-order valence-electron chi connectivity index (χ0n) is 11.3. The van der Waals surface area contributed by atoms with Crippen LogP contribution in [-0.2, 0) is 0 Å². The van der Waals surface area contributed by atoms with E-state index in [-0.39, 0.29) is 0 Å². The van der Waals surface area contributed by atoms with Crippen LogP contribution < -0.4 is 0 Å². The lowest BCUT2D eigenvalue weighted by atomic mass is 9.96. The third kappa shape index (κ3) is 10.0. The molecule has 0 aliphatic heterocycles.